The van der Waals surface area contributed by atoms with Crippen LogP contribution < -0.4 is 10.7 Å². The molecule has 172 valence electrons. The predicted molar refractivity (Wildman–Crippen MR) is 126 cm³/mol. The van der Waals surface area contributed by atoms with Crippen LogP contribution >= 0.6 is 11.8 Å². The number of hydrogen-bond acceptors (Lipinski definition) is 8. The second-order valence-electron chi connectivity index (χ2n) is 6.77. The van der Waals surface area contributed by atoms with Crippen LogP contribution in [0.2, 0.25) is 0 Å². The van der Waals surface area contributed by atoms with Crippen LogP contribution in [0.5, 0.6) is 0 Å². The minimum Gasteiger partial charge on any atom is -0.325 e. The van der Waals surface area contributed by atoms with E-state index in [0.717, 1.165) is 17.8 Å². The number of nitro groups is 2. The number of nitrogens with zero attached hydrogens (tertiary/aromatic N) is 3. The first kappa shape index (κ1) is 24.1. The largest absolute Gasteiger partial charge is 0.325 e. The molecule has 0 spiro atoms. The van der Waals surface area contributed by atoms with Crippen molar-refractivity contribution >= 4 is 46.9 Å². The molecule has 34 heavy (non-hydrogen) atoms. The highest BCUT2D eigenvalue weighted by molar-refractivity contribution is 7.99. The molecule has 12 heteroatoms. The molecule has 0 aliphatic heterocycles. The molecular weight excluding hydrogens is 462 g/mol. The van der Waals surface area contributed by atoms with Gasteiger partial charge in [-0.2, -0.15) is 5.10 Å². The average Bonchev–Trinajstić information content (AvgIpc) is 2.80. The Kier molecular flexibility index (Phi) is 7.67. The summed E-state index contributed by atoms with van der Waals surface area (Å²) in [6.45, 7) is 1.37. The van der Waals surface area contributed by atoms with Crippen LogP contribution in [0.1, 0.15) is 22.8 Å². The summed E-state index contributed by atoms with van der Waals surface area (Å²) in [5.41, 5.74) is 2.74. The zero-order valence-electron chi connectivity index (χ0n) is 17.6. The van der Waals surface area contributed by atoms with Crippen LogP contribution in [0.25, 0.3) is 0 Å². The van der Waals surface area contributed by atoms with E-state index in [0.29, 0.717) is 21.0 Å². The third-order valence-corrected chi connectivity index (χ3v) is 5.44. The van der Waals surface area contributed by atoms with Crippen molar-refractivity contribution < 1.29 is 19.4 Å². The summed E-state index contributed by atoms with van der Waals surface area (Å²) in [7, 11) is 0. The fraction of sp³-hybridized carbons (Fsp3) is 0.0455. The molecule has 0 bridgehead atoms. The van der Waals surface area contributed by atoms with Crippen molar-refractivity contribution in [3.05, 3.63) is 98.1 Å². The Morgan fingerprint density at radius 2 is 1.71 bits per heavy atom. The number of non-ortho nitro benzene ring substituents is 1. The van der Waals surface area contributed by atoms with E-state index in [-0.39, 0.29) is 22.8 Å². The Morgan fingerprint density at radius 1 is 0.941 bits per heavy atom. The monoisotopic (exact) mass is 479 g/mol. The van der Waals surface area contributed by atoms with Gasteiger partial charge in [0.15, 0.2) is 0 Å². The fourth-order valence-corrected chi connectivity index (χ4v) is 3.79. The molecule has 0 aliphatic rings. The molecule has 11 nitrogen and oxygen atoms in total. The summed E-state index contributed by atoms with van der Waals surface area (Å²) in [5, 5.41) is 28.9. The lowest BCUT2D eigenvalue weighted by Crippen LogP contribution is -2.17. The summed E-state index contributed by atoms with van der Waals surface area (Å²) in [6, 6.07) is 16.5. The lowest BCUT2D eigenvalue weighted by molar-refractivity contribution is -0.387. The molecule has 0 unspecified atom stereocenters. The molecule has 0 saturated carbocycles. The number of anilines is 1. The van der Waals surface area contributed by atoms with Gasteiger partial charge >= 0.3 is 0 Å². The quantitative estimate of drug-likeness (QED) is 0.276. The molecule has 0 aliphatic carbocycles. The summed E-state index contributed by atoms with van der Waals surface area (Å²) in [4.78, 5) is 45.9. The van der Waals surface area contributed by atoms with Gasteiger partial charge in [-0.3, -0.25) is 29.8 Å². The molecule has 0 saturated heterocycles. The summed E-state index contributed by atoms with van der Waals surface area (Å²) in [5.74, 6) is -0.933. The third-order valence-electron chi connectivity index (χ3n) is 4.30. The number of benzene rings is 3. The topological polar surface area (TPSA) is 157 Å². The molecule has 0 atom stereocenters. The average molecular weight is 479 g/mol. The van der Waals surface area contributed by atoms with E-state index in [1.165, 1.54) is 43.5 Å². The van der Waals surface area contributed by atoms with Crippen molar-refractivity contribution in [2.24, 2.45) is 5.10 Å². The Hall–Kier alpha value is -4.58. The van der Waals surface area contributed by atoms with E-state index in [9.17, 15) is 29.8 Å². The Morgan fingerprint density at radius 3 is 2.41 bits per heavy atom. The molecule has 0 heterocycles. The summed E-state index contributed by atoms with van der Waals surface area (Å²) >= 11 is 1.12. The van der Waals surface area contributed by atoms with E-state index in [2.05, 4.69) is 15.8 Å². The molecule has 0 aromatic heterocycles. The van der Waals surface area contributed by atoms with Gasteiger partial charge in [0.2, 0.25) is 5.91 Å². The molecule has 2 amide bonds. The molecule has 3 aromatic carbocycles. The Balaban J connectivity index is 1.77. The number of hydrogen-bond donors (Lipinski definition) is 2. The number of hydrazone groups is 1. The van der Waals surface area contributed by atoms with Crippen molar-refractivity contribution in [3.8, 4) is 0 Å². The van der Waals surface area contributed by atoms with Gasteiger partial charge < -0.3 is 5.32 Å². The summed E-state index contributed by atoms with van der Waals surface area (Å²) < 4.78 is 0. The van der Waals surface area contributed by atoms with Crippen LogP contribution in [-0.2, 0) is 4.79 Å². The van der Waals surface area contributed by atoms with Crippen LogP contribution in [0.4, 0.5) is 17.1 Å². The van der Waals surface area contributed by atoms with Gasteiger partial charge in [-0.25, -0.2) is 5.43 Å². The van der Waals surface area contributed by atoms with Gasteiger partial charge in [0, 0.05) is 41.1 Å². The fourth-order valence-electron chi connectivity index (χ4n) is 2.80. The van der Waals surface area contributed by atoms with Crippen molar-refractivity contribution in [1.29, 1.82) is 0 Å². The van der Waals surface area contributed by atoms with Gasteiger partial charge in [0.1, 0.15) is 0 Å². The van der Waals surface area contributed by atoms with E-state index in [1.807, 2.05) is 0 Å². The van der Waals surface area contributed by atoms with Crippen molar-refractivity contribution in [3.63, 3.8) is 0 Å². The van der Waals surface area contributed by atoms with Gasteiger partial charge in [-0.05, 0) is 24.3 Å². The molecule has 3 rings (SSSR count). The lowest BCUT2D eigenvalue weighted by Gasteiger charge is -2.10. The zero-order valence-corrected chi connectivity index (χ0v) is 18.4. The van der Waals surface area contributed by atoms with Crippen molar-refractivity contribution in [1.82, 2.24) is 5.43 Å². The maximum absolute atomic E-state index is 12.2. The highest BCUT2D eigenvalue weighted by atomic mass is 32.2. The van der Waals surface area contributed by atoms with Crippen LogP contribution in [0, 0.1) is 20.2 Å². The SMILES string of the molecule is CC(=O)Nc1ccccc1Sc1ccc(/C=N/NC(=O)c2cccc([N+](=O)[O-])c2)cc1[N+](=O)[O-]. The number of carbonyl (C=O) groups is 2. The molecule has 0 radical (unpaired) electrons. The predicted octanol–water partition coefficient (Wildman–Crippen LogP) is 4.38. The standard InChI is InChI=1S/C22H17N5O6S/c1-14(28)24-18-7-2-3-8-20(18)34-21-10-9-15(11-19(21)27(32)33)13-23-25-22(29)16-5-4-6-17(12-16)26(30)31/h2-13H,1H3,(H,24,28)(H,25,29)/b23-13+. The van der Waals surface area contributed by atoms with E-state index in [4.69, 9.17) is 0 Å². The third kappa shape index (κ3) is 6.23. The first-order chi connectivity index (χ1) is 16.2. The second kappa shape index (κ2) is 10.8. The second-order valence-corrected chi connectivity index (χ2v) is 7.85. The van der Waals surface area contributed by atoms with Crippen LogP contribution in [-0.4, -0.2) is 27.9 Å². The number of rotatable bonds is 8. The lowest BCUT2D eigenvalue weighted by atomic mass is 10.2. The maximum Gasteiger partial charge on any atom is 0.283 e. The van der Waals surface area contributed by atoms with Crippen molar-refractivity contribution in [2.45, 2.75) is 16.7 Å². The molecular formula is C22H17N5O6S. The van der Waals surface area contributed by atoms with Crippen molar-refractivity contribution in [2.75, 3.05) is 5.32 Å². The molecule has 2 N–H and O–H groups in total. The zero-order chi connectivity index (χ0) is 24.7. The highest BCUT2D eigenvalue weighted by Gasteiger charge is 2.17. The van der Waals surface area contributed by atoms with Crippen LogP contribution in [0.15, 0.2) is 81.6 Å². The van der Waals surface area contributed by atoms with Crippen LogP contribution in [0.3, 0.4) is 0 Å². The van der Waals surface area contributed by atoms with Gasteiger partial charge in [-0.15, -0.1) is 0 Å². The first-order valence-corrected chi connectivity index (χ1v) is 10.5. The molecule has 3 aromatic rings. The van der Waals surface area contributed by atoms with Gasteiger partial charge in [0.25, 0.3) is 17.3 Å². The highest BCUT2D eigenvalue weighted by Crippen LogP contribution is 2.38. The van der Waals surface area contributed by atoms with E-state index < -0.39 is 15.8 Å². The number of nitro benzene ring substituents is 2. The maximum atomic E-state index is 12.2. The minimum absolute atomic E-state index is 0.0434. The van der Waals surface area contributed by atoms with Gasteiger partial charge in [0.05, 0.1) is 26.6 Å². The smallest absolute Gasteiger partial charge is 0.283 e. The Bertz CT molecular complexity index is 1310. The number of para-hydroxylation sites is 1. The minimum atomic E-state index is -0.670. The van der Waals surface area contributed by atoms with Gasteiger partial charge in [-0.1, -0.05) is 36.0 Å². The normalized spacial score (nSPS) is 10.6. The van der Waals surface area contributed by atoms with E-state index in [1.54, 1.807) is 30.3 Å². The van der Waals surface area contributed by atoms with E-state index >= 15 is 0 Å². The summed E-state index contributed by atoms with van der Waals surface area (Å²) in [6.07, 6.45) is 1.22. The number of carbonyl (C=O) groups excluding carboxylic acids is 2. The number of nitrogens with one attached hydrogen (secondary N) is 2. The molecule has 0 fully saturated rings. The Labute approximate surface area is 197 Å². The number of amides is 2. The first-order valence-electron chi connectivity index (χ1n) is 9.65.